The molecule has 1 N–H and O–H groups in total. The second-order valence-electron chi connectivity index (χ2n) is 3.44. The lowest BCUT2D eigenvalue weighted by Gasteiger charge is -2.07. The number of carbonyl (C=O) groups is 2. The van der Waals surface area contributed by atoms with Gasteiger partial charge in [-0.2, -0.15) is 0 Å². The maximum atomic E-state index is 11.5. The van der Waals surface area contributed by atoms with Crippen LogP contribution in [0.3, 0.4) is 0 Å². The van der Waals surface area contributed by atoms with Gasteiger partial charge in [0.2, 0.25) is 0 Å². The van der Waals surface area contributed by atoms with Gasteiger partial charge in [-0.05, 0) is 31.5 Å². The Morgan fingerprint density at radius 1 is 1.33 bits per heavy atom. The standard InChI is InChI=1S/C13H15O5/c1-3-5-12(15)18-11-8-9(6-7-10(11)14)13(16)17-4-2/h5-8,14H,3-4H2,1-2H3. The van der Waals surface area contributed by atoms with Crippen LogP contribution in [0.4, 0.5) is 0 Å². The van der Waals surface area contributed by atoms with Gasteiger partial charge in [0.15, 0.2) is 11.5 Å². The third-order valence-corrected chi connectivity index (χ3v) is 2.05. The number of aromatic hydroxyl groups is 1. The first-order valence-corrected chi connectivity index (χ1v) is 5.63. The molecule has 0 saturated carbocycles. The highest BCUT2D eigenvalue weighted by Crippen LogP contribution is 2.27. The van der Waals surface area contributed by atoms with Gasteiger partial charge < -0.3 is 14.6 Å². The Kier molecular flexibility index (Phi) is 5.17. The number of phenols is 1. The second-order valence-corrected chi connectivity index (χ2v) is 3.44. The summed E-state index contributed by atoms with van der Waals surface area (Å²) >= 11 is 0. The molecule has 0 aliphatic rings. The van der Waals surface area contributed by atoms with E-state index in [4.69, 9.17) is 9.47 Å². The lowest BCUT2D eigenvalue weighted by Crippen LogP contribution is -2.09. The highest BCUT2D eigenvalue weighted by molar-refractivity contribution is 5.90. The Balaban J connectivity index is 2.87. The summed E-state index contributed by atoms with van der Waals surface area (Å²) in [6, 6.07) is 3.95. The van der Waals surface area contributed by atoms with Gasteiger partial charge in [0.05, 0.1) is 18.6 Å². The minimum atomic E-state index is -0.575. The monoisotopic (exact) mass is 251 g/mol. The molecular weight excluding hydrogens is 236 g/mol. The predicted octanol–water partition coefficient (Wildman–Crippen LogP) is 2.09. The van der Waals surface area contributed by atoms with E-state index in [0.717, 1.165) is 0 Å². The molecule has 18 heavy (non-hydrogen) atoms. The van der Waals surface area contributed by atoms with Crippen molar-refractivity contribution in [3.05, 3.63) is 30.2 Å². The van der Waals surface area contributed by atoms with E-state index in [2.05, 4.69) is 0 Å². The van der Waals surface area contributed by atoms with E-state index in [1.54, 1.807) is 13.8 Å². The SMILES string of the molecule is CC[CH]C(=O)Oc1cc(C(=O)OCC)ccc1O. The molecule has 0 saturated heterocycles. The molecule has 0 atom stereocenters. The van der Waals surface area contributed by atoms with Gasteiger partial charge >= 0.3 is 11.9 Å². The van der Waals surface area contributed by atoms with Crippen LogP contribution >= 0.6 is 0 Å². The first kappa shape index (κ1) is 14.0. The molecule has 0 heterocycles. The fourth-order valence-electron chi connectivity index (χ4n) is 1.25. The Morgan fingerprint density at radius 3 is 2.67 bits per heavy atom. The summed E-state index contributed by atoms with van der Waals surface area (Å²) in [5.41, 5.74) is 0.217. The Morgan fingerprint density at radius 2 is 2.06 bits per heavy atom. The van der Waals surface area contributed by atoms with Gasteiger partial charge in [-0.25, -0.2) is 4.79 Å². The third kappa shape index (κ3) is 3.76. The number of esters is 2. The van der Waals surface area contributed by atoms with Crippen molar-refractivity contribution in [1.29, 1.82) is 0 Å². The van der Waals surface area contributed by atoms with Crippen molar-refractivity contribution in [3.8, 4) is 11.5 Å². The van der Waals surface area contributed by atoms with Crippen LogP contribution in [0.15, 0.2) is 18.2 Å². The summed E-state index contributed by atoms with van der Waals surface area (Å²) in [7, 11) is 0. The summed E-state index contributed by atoms with van der Waals surface area (Å²) in [4.78, 5) is 22.7. The number of carbonyl (C=O) groups excluding carboxylic acids is 2. The summed E-state index contributed by atoms with van der Waals surface area (Å²) in [5, 5.41) is 9.52. The fraction of sp³-hybridized carbons (Fsp3) is 0.308. The van der Waals surface area contributed by atoms with E-state index in [-0.39, 0.29) is 23.7 Å². The molecule has 1 aromatic rings. The van der Waals surface area contributed by atoms with Crippen molar-refractivity contribution in [2.24, 2.45) is 0 Å². The molecule has 0 spiro atoms. The normalized spacial score (nSPS) is 9.89. The molecule has 5 nitrogen and oxygen atoms in total. The largest absolute Gasteiger partial charge is 0.504 e. The number of phenolic OH excluding ortho intramolecular Hbond substituents is 1. The molecule has 1 radical (unpaired) electrons. The van der Waals surface area contributed by atoms with Crippen LogP contribution in [-0.2, 0) is 9.53 Å². The zero-order chi connectivity index (χ0) is 13.5. The lowest BCUT2D eigenvalue weighted by molar-refractivity contribution is -0.130. The van der Waals surface area contributed by atoms with Gasteiger partial charge in [0.25, 0.3) is 0 Å². The number of ether oxygens (including phenoxy) is 2. The molecule has 1 aromatic carbocycles. The summed E-state index contributed by atoms with van der Waals surface area (Å²) in [6.07, 6.45) is 1.85. The van der Waals surface area contributed by atoms with E-state index >= 15 is 0 Å². The highest BCUT2D eigenvalue weighted by atomic mass is 16.5. The first-order valence-electron chi connectivity index (χ1n) is 5.63. The maximum absolute atomic E-state index is 11.5. The van der Waals surface area contributed by atoms with Gasteiger partial charge in [0, 0.05) is 0 Å². The number of hydrogen-bond donors (Lipinski definition) is 1. The predicted molar refractivity (Wildman–Crippen MR) is 64.3 cm³/mol. The molecule has 0 fully saturated rings. The topological polar surface area (TPSA) is 72.8 Å². The summed E-state index contributed by atoms with van der Waals surface area (Å²) < 4.78 is 9.71. The molecule has 0 aliphatic heterocycles. The minimum absolute atomic E-state index is 0.0600. The van der Waals surface area contributed by atoms with Crippen molar-refractivity contribution in [2.45, 2.75) is 20.3 Å². The molecular formula is C13H15O5. The van der Waals surface area contributed by atoms with Gasteiger partial charge in [-0.1, -0.05) is 6.92 Å². The third-order valence-electron chi connectivity index (χ3n) is 2.05. The van der Waals surface area contributed by atoms with E-state index < -0.39 is 11.9 Å². The number of hydrogen-bond acceptors (Lipinski definition) is 5. The van der Waals surface area contributed by atoms with Crippen LogP contribution in [0.25, 0.3) is 0 Å². The Labute approximate surface area is 105 Å². The summed E-state index contributed by atoms with van der Waals surface area (Å²) in [5.74, 6) is -1.38. The number of benzene rings is 1. The first-order chi connectivity index (χ1) is 8.58. The molecule has 0 amide bonds. The van der Waals surface area contributed by atoms with Crippen molar-refractivity contribution in [3.63, 3.8) is 0 Å². The van der Waals surface area contributed by atoms with E-state index in [1.165, 1.54) is 24.6 Å². The smallest absolute Gasteiger partial charge is 0.338 e. The zero-order valence-corrected chi connectivity index (χ0v) is 10.3. The number of rotatable bonds is 5. The molecule has 0 aromatic heterocycles. The summed E-state index contributed by atoms with van der Waals surface area (Å²) in [6.45, 7) is 3.73. The molecule has 0 unspecified atom stereocenters. The minimum Gasteiger partial charge on any atom is -0.504 e. The van der Waals surface area contributed by atoms with Crippen molar-refractivity contribution < 1.29 is 24.2 Å². The second kappa shape index (κ2) is 6.64. The van der Waals surface area contributed by atoms with Gasteiger partial charge in [-0.3, -0.25) is 4.79 Å². The molecule has 97 valence electrons. The van der Waals surface area contributed by atoms with Crippen molar-refractivity contribution >= 4 is 11.9 Å². The molecule has 1 rings (SSSR count). The molecule has 0 aliphatic carbocycles. The average molecular weight is 251 g/mol. The van der Waals surface area contributed by atoms with Crippen LogP contribution in [0.5, 0.6) is 11.5 Å². The quantitative estimate of drug-likeness (QED) is 0.640. The highest BCUT2D eigenvalue weighted by Gasteiger charge is 2.13. The fourth-order valence-corrected chi connectivity index (χ4v) is 1.25. The van der Waals surface area contributed by atoms with Crippen LogP contribution in [-0.4, -0.2) is 23.7 Å². The van der Waals surface area contributed by atoms with Gasteiger partial charge in [0.1, 0.15) is 0 Å². The maximum Gasteiger partial charge on any atom is 0.338 e. The van der Waals surface area contributed by atoms with Crippen molar-refractivity contribution in [1.82, 2.24) is 0 Å². The Bertz CT molecular complexity index is 439. The van der Waals surface area contributed by atoms with E-state index in [0.29, 0.717) is 6.42 Å². The average Bonchev–Trinajstić information content (AvgIpc) is 2.32. The molecule has 5 heteroatoms. The Hall–Kier alpha value is -2.04. The molecule has 0 bridgehead atoms. The van der Waals surface area contributed by atoms with Crippen LogP contribution in [0.1, 0.15) is 30.6 Å². The van der Waals surface area contributed by atoms with Gasteiger partial charge in [-0.15, -0.1) is 0 Å². The van der Waals surface area contributed by atoms with Crippen LogP contribution < -0.4 is 4.74 Å². The lowest BCUT2D eigenvalue weighted by atomic mass is 10.2. The zero-order valence-electron chi connectivity index (χ0n) is 10.3. The van der Waals surface area contributed by atoms with Crippen molar-refractivity contribution in [2.75, 3.05) is 6.61 Å². The van der Waals surface area contributed by atoms with E-state index in [1.807, 2.05) is 0 Å². The van der Waals surface area contributed by atoms with E-state index in [9.17, 15) is 14.7 Å². The van der Waals surface area contributed by atoms with Crippen LogP contribution in [0, 0.1) is 6.42 Å². The van der Waals surface area contributed by atoms with Crippen LogP contribution in [0.2, 0.25) is 0 Å².